The highest BCUT2D eigenvalue weighted by atomic mass is 32.1. The van der Waals surface area contributed by atoms with Crippen LogP contribution in [-0.2, 0) is 17.8 Å². The minimum atomic E-state index is -0.920. The zero-order valence-electron chi connectivity index (χ0n) is 25.6. The molecule has 0 spiro atoms. The van der Waals surface area contributed by atoms with E-state index < -0.39 is 29.2 Å². The van der Waals surface area contributed by atoms with E-state index in [0.29, 0.717) is 60.8 Å². The number of benzene rings is 2. The van der Waals surface area contributed by atoms with Crippen LogP contribution in [0.5, 0.6) is 0 Å². The molecular weight excluding hydrogens is 602 g/mol. The van der Waals surface area contributed by atoms with Crippen LogP contribution in [0, 0.1) is 11.6 Å². The van der Waals surface area contributed by atoms with Crippen molar-refractivity contribution in [2.75, 3.05) is 50.2 Å². The summed E-state index contributed by atoms with van der Waals surface area (Å²) in [5.74, 6) is -1.52. The van der Waals surface area contributed by atoms with E-state index in [1.54, 1.807) is 12.1 Å². The zero-order valence-corrected chi connectivity index (χ0v) is 26.4. The lowest BCUT2D eigenvalue weighted by Gasteiger charge is -2.25. The van der Waals surface area contributed by atoms with Gasteiger partial charge in [-0.3, -0.25) is 14.7 Å². The van der Waals surface area contributed by atoms with Crippen molar-refractivity contribution in [2.45, 2.75) is 52.0 Å². The number of thiophene rings is 1. The van der Waals surface area contributed by atoms with Gasteiger partial charge in [0.1, 0.15) is 16.5 Å². The third kappa shape index (κ3) is 7.28. The van der Waals surface area contributed by atoms with Crippen molar-refractivity contribution in [2.24, 2.45) is 0 Å². The van der Waals surface area contributed by atoms with E-state index >= 15 is 0 Å². The molecule has 1 fully saturated rings. The first-order valence-corrected chi connectivity index (χ1v) is 16.1. The van der Waals surface area contributed by atoms with Crippen molar-refractivity contribution >= 4 is 27.2 Å². The molecule has 1 aliphatic heterocycles. The van der Waals surface area contributed by atoms with Gasteiger partial charge in [-0.05, 0) is 54.8 Å². The Hall–Kier alpha value is -3.62. The minimum absolute atomic E-state index is 0.244. The van der Waals surface area contributed by atoms with E-state index in [0.717, 1.165) is 36.1 Å². The second-order valence-corrected chi connectivity index (χ2v) is 12.0. The van der Waals surface area contributed by atoms with Gasteiger partial charge in [0.15, 0.2) is 6.35 Å². The SMILES string of the molecule is CCNC(O)Nc1ccc(-c2sc3c(c2CNCCOC)c(=O)n(N2CCCCCC2)c(=O)n3Cc2c(F)cccc2F)cc1. The molecule has 4 aromatic rings. The maximum atomic E-state index is 14.9. The van der Waals surface area contributed by atoms with Crippen molar-refractivity contribution in [3.05, 3.63) is 86.1 Å². The van der Waals surface area contributed by atoms with E-state index in [-0.39, 0.29) is 12.1 Å². The van der Waals surface area contributed by atoms with Gasteiger partial charge < -0.3 is 25.5 Å². The fourth-order valence-electron chi connectivity index (χ4n) is 5.65. The van der Waals surface area contributed by atoms with Crippen molar-refractivity contribution in [1.29, 1.82) is 0 Å². The summed E-state index contributed by atoms with van der Waals surface area (Å²) in [6.45, 7) is 4.45. The maximum absolute atomic E-state index is 14.9. The number of hydrogen-bond donors (Lipinski definition) is 4. The number of halogens is 2. The Kier molecular flexibility index (Phi) is 11.0. The molecule has 45 heavy (non-hydrogen) atoms. The van der Waals surface area contributed by atoms with Crippen LogP contribution < -0.4 is 32.2 Å². The van der Waals surface area contributed by atoms with Gasteiger partial charge in [-0.2, -0.15) is 4.68 Å². The average molecular weight is 643 g/mol. The third-order valence-corrected chi connectivity index (χ3v) is 9.23. The quantitative estimate of drug-likeness (QED) is 0.129. The van der Waals surface area contributed by atoms with Gasteiger partial charge in [0.05, 0.1) is 18.5 Å². The molecule has 0 aliphatic carbocycles. The number of aliphatic hydroxyl groups excluding tert-OH is 1. The summed E-state index contributed by atoms with van der Waals surface area (Å²) in [6.07, 6.45) is 2.73. The molecule has 4 N–H and O–H groups in total. The lowest BCUT2D eigenvalue weighted by molar-refractivity contribution is 0.168. The number of methoxy groups -OCH3 is 1. The molecular formula is C32H40F2N6O4S. The maximum Gasteiger partial charge on any atom is 0.351 e. The van der Waals surface area contributed by atoms with Crippen LogP contribution in [0.2, 0.25) is 0 Å². The monoisotopic (exact) mass is 642 g/mol. The first-order chi connectivity index (χ1) is 21.8. The Balaban J connectivity index is 1.72. The molecule has 0 bridgehead atoms. The Labute approximate surface area is 264 Å². The average Bonchev–Trinajstić information content (AvgIpc) is 3.19. The normalized spacial score (nSPS) is 14.6. The van der Waals surface area contributed by atoms with E-state index in [1.165, 1.54) is 38.8 Å². The second-order valence-electron chi connectivity index (χ2n) is 11.0. The first kappa shape index (κ1) is 32.8. The number of nitrogens with one attached hydrogen (secondary N) is 3. The van der Waals surface area contributed by atoms with Gasteiger partial charge in [0, 0.05) is 49.4 Å². The van der Waals surface area contributed by atoms with E-state index in [9.17, 15) is 23.5 Å². The van der Waals surface area contributed by atoms with Gasteiger partial charge in [0.25, 0.3) is 5.56 Å². The molecule has 1 atom stereocenters. The Morgan fingerprint density at radius 3 is 2.33 bits per heavy atom. The molecule has 10 nitrogen and oxygen atoms in total. The summed E-state index contributed by atoms with van der Waals surface area (Å²) >= 11 is 1.25. The van der Waals surface area contributed by atoms with Crippen LogP contribution in [0.1, 0.15) is 43.7 Å². The van der Waals surface area contributed by atoms with Crippen LogP contribution in [0.4, 0.5) is 14.5 Å². The molecule has 0 radical (unpaired) electrons. The topological polar surface area (TPSA) is 113 Å². The van der Waals surface area contributed by atoms with Gasteiger partial charge in [-0.25, -0.2) is 13.6 Å². The van der Waals surface area contributed by atoms with Gasteiger partial charge in [-0.1, -0.05) is 38.0 Å². The number of fused-ring (bicyclic) bond motifs is 1. The number of rotatable bonds is 13. The van der Waals surface area contributed by atoms with Crippen LogP contribution in [0.15, 0.2) is 52.1 Å². The summed E-state index contributed by atoms with van der Waals surface area (Å²) in [7, 11) is 1.61. The summed E-state index contributed by atoms with van der Waals surface area (Å²) in [5.41, 5.74) is 0.853. The Morgan fingerprint density at radius 1 is 1.00 bits per heavy atom. The molecule has 13 heteroatoms. The molecule has 1 aliphatic rings. The molecule has 2 aromatic heterocycles. The van der Waals surface area contributed by atoms with Gasteiger partial charge in [-0.15, -0.1) is 11.3 Å². The number of aromatic nitrogens is 2. The van der Waals surface area contributed by atoms with Crippen LogP contribution in [0.3, 0.4) is 0 Å². The van der Waals surface area contributed by atoms with Gasteiger partial charge in [0.2, 0.25) is 0 Å². The van der Waals surface area contributed by atoms with Crippen molar-refractivity contribution < 1.29 is 18.6 Å². The molecule has 5 rings (SSSR count). The lowest BCUT2D eigenvalue weighted by atomic mass is 10.1. The Morgan fingerprint density at radius 2 is 1.69 bits per heavy atom. The lowest BCUT2D eigenvalue weighted by Crippen LogP contribution is -2.53. The fourth-order valence-corrected chi connectivity index (χ4v) is 6.96. The van der Waals surface area contributed by atoms with Crippen molar-refractivity contribution in [3.8, 4) is 10.4 Å². The van der Waals surface area contributed by atoms with Crippen molar-refractivity contribution in [1.82, 2.24) is 19.9 Å². The number of aliphatic hydroxyl groups is 1. The smallest absolute Gasteiger partial charge is 0.351 e. The largest absolute Gasteiger partial charge is 0.383 e. The fraction of sp³-hybridized carbons (Fsp3) is 0.438. The standard InChI is InChI=1S/C32H40F2N6O4S/c1-3-36-31(42)37-22-13-11-21(12-14-22)28-23(19-35-15-18-44-2)27-29(41)40(38-16-6-4-5-7-17-38)32(43)39(30(27)45-28)20-24-25(33)9-8-10-26(24)34/h8-14,31,35-37,42H,3-7,15-20H2,1-2H3. The Bertz CT molecular complexity index is 1690. The number of anilines is 1. The van der Waals surface area contributed by atoms with Crippen LogP contribution in [-0.4, -0.2) is 60.6 Å². The zero-order chi connectivity index (χ0) is 31.9. The summed E-state index contributed by atoms with van der Waals surface area (Å²) in [4.78, 5) is 29.6. The summed E-state index contributed by atoms with van der Waals surface area (Å²) < 4.78 is 37.6. The predicted molar refractivity (Wildman–Crippen MR) is 175 cm³/mol. The molecule has 2 aromatic carbocycles. The first-order valence-electron chi connectivity index (χ1n) is 15.3. The molecule has 1 unspecified atom stereocenters. The molecule has 0 saturated carbocycles. The minimum Gasteiger partial charge on any atom is -0.383 e. The number of nitrogens with zero attached hydrogens (tertiary/aromatic N) is 3. The van der Waals surface area contributed by atoms with E-state index in [2.05, 4.69) is 16.0 Å². The highest BCUT2D eigenvalue weighted by molar-refractivity contribution is 7.22. The third-order valence-electron chi connectivity index (χ3n) is 7.93. The van der Waals surface area contributed by atoms with Crippen LogP contribution in [0.25, 0.3) is 20.7 Å². The van der Waals surface area contributed by atoms with Crippen molar-refractivity contribution in [3.63, 3.8) is 0 Å². The molecule has 0 amide bonds. The molecule has 1 saturated heterocycles. The summed E-state index contributed by atoms with van der Waals surface area (Å²) in [5, 5.41) is 21.4. The highest BCUT2D eigenvalue weighted by Gasteiger charge is 2.26. The van der Waals surface area contributed by atoms with Crippen LogP contribution >= 0.6 is 11.3 Å². The number of ether oxygens (including phenoxy) is 1. The van der Waals surface area contributed by atoms with E-state index in [4.69, 9.17) is 4.74 Å². The molecule has 242 valence electrons. The second kappa shape index (κ2) is 15.1. The van der Waals surface area contributed by atoms with E-state index in [1.807, 2.05) is 31.2 Å². The predicted octanol–water partition coefficient (Wildman–Crippen LogP) is 3.76. The van der Waals surface area contributed by atoms with Gasteiger partial charge >= 0.3 is 5.69 Å². The summed E-state index contributed by atoms with van der Waals surface area (Å²) in [6, 6.07) is 11.0. The highest BCUT2D eigenvalue weighted by Crippen LogP contribution is 2.38. The number of hydrogen-bond acceptors (Lipinski definition) is 9. The molecule has 3 heterocycles.